The third-order valence-corrected chi connectivity index (χ3v) is 2.91. The summed E-state index contributed by atoms with van der Waals surface area (Å²) in [5.41, 5.74) is 7.01. The van der Waals surface area contributed by atoms with E-state index < -0.39 is 0 Å². The molecular weight excluding hydrogens is 240 g/mol. The molecule has 0 aromatic heterocycles. The van der Waals surface area contributed by atoms with E-state index in [0.29, 0.717) is 11.3 Å². The van der Waals surface area contributed by atoms with Crippen molar-refractivity contribution in [3.05, 3.63) is 53.6 Å². The van der Waals surface area contributed by atoms with Gasteiger partial charge in [0.2, 0.25) is 0 Å². The predicted molar refractivity (Wildman–Crippen MR) is 74.7 cm³/mol. The monoisotopic (exact) mass is 257 g/mol. The molecule has 4 nitrogen and oxygen atoms in total. The molecule has 4 heteroatoms. The van der Waals surface area contributed by atoms with E-state index in [4.69, 9.17) is 4.74 Å². The molecular formula is C15H17N2O2+. The molecule has 0 atom stereocenters. The summed E-state index contributed by atoms with van der Waals surface area (Å²) in [4.78, 5) is 12.1. The van der Waals surface area contributed by atoms with Gasteiger partial charge in [-0.05, 0) is 24.6 Å². The van der Waals surface area contributed by atoms with Crippen molar-refractivity contribution < 1.29 is 15.3 Å². The molecule has 0 aliphatic carbocycles. The molecule has 0 aliphatic heterocycles. The molecule has 4 N–H and O–H groups in total. The number of amides is 1. The van der Waals surface area contributed by atoms with Crippen LogP contribution in [0.4, 0.5) is 11.4 Å². The second-order valence-electron chi connectivity index (χ2n) is 4.30. The first kappa shape index (κ1) is 13.1. The Bertz CT molecular complexity index is 595. The van der Waals surface area contributed by atoms with Crippen molar-refractivity contribution in [3.8, 4) is 5.75 Å². The highest BCUT2D eigenvalue weighted by Gasteiger charge is 2.11. The first-order chi connectivity index (χ1) is 9.11. The van der Waals surface area contributed by atoms with Crippen LogP contribution in [0.15, 0.2) is 42.5 Å². The van der Waals surface area contributed by atoms with Gasteiger partial charge in [0.25, 0.3) is 5.91 Å². The van der Waals surface area contributed by atoms with E-state index in [2.05, 4.69) is 11.1 Å². The van der Waals surface area contributed by atoms with Gasteiger partial charge in [0.1, 0.15) is 0 Å². The summed E-state index contributed by atoms with van der Waals surface area (Å²) in [5.74, 6) is 0.525. The van der Waals surface area contributed by atoms with Crippen LogP contribution in [0.25, 0.3) is 0 Å². The minimum absolute atomic E-state index is 0.137. The largest absolute Gasteiger partial charge is 0.491 e. The molecule has 19 heavy (non-hydrogen) atoms. The van der Waals surface area contributed by atoms with Crippen LogP contribution < -0.4 is 15.8 Å². The molecule has 0 heterocycles. The van der Waals surface area contributed by atoms with E-state index in [1.165, 1.54) is 0 Å². The Kier molecular flexibility index (Phi) is 3.82. The highest BCUT2D eigenvalue weighted by molar-refractivity contribution is 6.04. The SMILES string of the molecule is COc1cc(NC(=O)c2ccccc2)c(C)cc1[NH3+]. The zero-order valence-electron chi connectivity index (χ0n) is 11.1. The number of nitrogens with one attached hydrogen (secondary N) is 1. The summed E-state index contributed by atoms with van der Waals surface area (Å²) in [6.45, 7) is 1.93. The number of methoxy groups -OCH3 is 1. The number of benzene rings is 2. The van der Waals surface area contributed by atoms with Crippen LogP contribution in [-0.4, -0.2) is 13.0 Å². The van der Waals surface area contributed by atoms with E-state index in [1.807, 2.05) is 31.2 Å². The normalized spacial score (nSPS) is 10.1. The minimum atomic E-state index is -0.137. The molecule has 2 aromatic rings. The van der Waals surface area contributed by atoms with Gasteiger partial charge < -0.3 is 15.8 Å². The number of anilines is 1. The van der Waals surface area contributed by atoms with Gasteiger partial charge in [-0.2, -0.15) is 0 Å². The number of carbonyl (C=O) groups excluding carboxylic acids is 1. The molecule has 98 valence electrons. The van der Waals surface area contributed by atoms with E-state index in [1.54, 1.807) is 25.3 Å². The lowest BCUT2D eigenvalue weighted by Gasteiger charge is -2.11. The van der Waals surface area contributed by atoms with E-state index in [-0.39, 0.29) is 5.91 Å². The van der Waals surface area contributed by atoms with E-state index in [9.17, 15) is 4.79 Å². The molecule has 0 saturated heterocycles. The van der Waals surface area contributed by atoms with E-state index >= 15 is 0 Å². The van der Waals surface area contributed by atoms with Crippen molar-refractivity contribution in [1.29, 1.82) is 0 Å². The highest BCUT2D eigenvalue weighted by atomic mass is 16.5. The lowest BCUT2D eigenvalue weighted by molar-refractivity contribution is -0.256. The van der Waals surface area contributed by atoms with Crippen molar-refractivity contribution in [2.24, 2.45) is 0 Å². The van der Waals surface area contributed by atoms with Gasteiger partial charge in [0.15, 0.2) is 11.4 Å². The van der Waals surface area contributed by atoms with Crippen LogP contribution in [0.2, 0.25) is 0 Å². The molecule has 0 fully saturated rings. The average molecular weight is 257 g/mol. The average Bonchev–Trinajstić information content (AvgIpc) is 2.42. The zero-order chi connectivity index (χ0) is 13.8. The van der Waals surface area contributed by atoms with Crippen molar-refractivity contribution in [1.82, 2.24) is 0 Å². The van der Waals surface area contributed by atoms with Gasteiger partial charge in [-0.1, -0.05) is 18.2 Å². The molecule has 0 aliphatic rings. The molecule has 0 saturated carbocycles. The molecule has 1 amide bonds. The second kappa shape index (κ2) is 5.54. The van der Waals surface area contributed by atoms with Gasteiger partial charge in [-0.15, -0.1) is 0 Å². The predicted octanol–water partition coefficient (Wildman–Crippen LogP) is 2.13. The Morgan fingerprint density at radius 2 is 1.89 bits per heavy atom. The lowest BCUT2D eigenvalue weighted by atomic mass is 10.1. The number of rotatable bonds is 3. The van der Waals surface area contributed by atoms with Crippen molar-refractivity contribution in [3.63, 3.8) is 0 Å². The lowest BCUT2D eigenvalue weighted by Crippen LogP contribution is -2.40. The van der Waals surface area contributed by atoms with Gasteiger partial charge in [-0.3, -0.25) is 4.79 Å². The van der Waals surface area contributed by atoms with Crippen LogP contribution in [0, 0.1) is 6.92 Å². The molecule has 0 bridgehead atoms. The molecule has 0 spiro atoms. The fraction of sp³-hybridized carbons (Fsp3) is 0.133. The molecule has 2 aromatic carbocycles. The van der Waals surface area contributed by atoms with Crippen molar-refractivity contribution in [2.45, 2.75) is 6.92 Å². The molecule has 2 rings (SSSR count). The topological polar surface area (TPSA) is 66.0 Å². The zero-order valence-corrected chi connectivity index (χ0v) is 11.1. The van der Waals surface area contributed by atoms with Crippen LogP contribution >= 0.6 is 0 Å². The number of quaternary nitrogens is 1. The number of aryl methyl sites for hydroxylation is 1. The summed E-state index contributed by atoms with van der Waals surface area (Å²) in [6.07, 6.45) is 0. The maximum atomic E-state index is 12.1. The minimum Gasteiger partial charge on any atom is -0.491 e. The standard InChI is InChI=1S/C15H16N2O2/c1-10-8-12(16)14(19-2)9-13(10)17-15(18)11-6-4-3-5-7-11/h3-9H,16H2,1-2H3,(H,17,18)/p+1. The maximum Gasteiger partial charge on any atom is 0.255 e. The first-order valence-electron chi connectivity index (χ1n) is 5.99. The number of carbonyl (C=O) groups is 1. The van der Waals surface area contributed by atoms with Crippen LogP contribution in [0.1, 0.15) is 15.9 Å². The quantitative estimate of drug-likeness (QED) is 0.884. The summed E-state index contributed by atoms with van der Waals surface area (Å²) >= 11 is 0. The Labute approximate surface area is 112 Å². The summed E-state index contributed by atoms with van der Waals surface area (Å²) in [5, 5.41) is 2.88. The number of ether oxygens (including phenoxy) is 1. The molecule has 0 radical (unpaired) electrons. The van der Waals surface area contributed by atoms with Crippen molar-refractivity contribution >= 4 is 17.3 Å². The summed E-state index contributed by atoms with van der Waals surface area (Å²) in [7, 11) is 1.59. The Balaban J connectivity index is 2.26. The van der Waals surface area contributed by atoms with Crippen LogP contribution in [-0.2, 0) is 0 Å². The van der Waals surface area contributed by atoms with Gasteiger partial charge in [0, 0.05) is 23.4 Å². The van der Waals surface area contributed by atoms with Crippen molar-refractivity contribution in [2.75, 3.05) is 12.4 Å². The highest BCUT2D eigenvalue weighted by Crippen LogP contribution is 2.27. The first-order valence-corrected chi connectivity index (χ1v) is 5.99. The summed E-state index contributed by atoms with van der Waals surface area (Å²) in [6, 6.07) is 12.8. The third kappa shape index (κ3) is 2.92. The number of hydrogen-bond donors (Lipinski definition) is 2. The Hall–Kier alpha value is -2.33. The fourth-order valence-corrected chi connectivity index (χ4v) is 1.86. The van der Waals surface area contributed by atoms with Gasteiger partial charge >= 0.3 is 0 Å². The Morgan fingerprint density at radius 3 is 2.53 bits per heavy atom. The van der Waals surface area contributed by atoms with Gasteiger partial charge in [0.05, 0.1) is 7.11 Å². The van der Waals surface area contributed by atoms with Crippen LogP contribution in [0.5, 0.6) is 5.75 Å². The van der Waals surface area contributed by atoms with Gasteiger partial charge in [-0.25, -0.2) is 0 Å². The third-order valence-electron chi connectivity index (χ3n) is 2.91. The van der Waals surface area contributed by atoms with E-state index in [0.717, 1.165) is 16.9 Å². The Morgan fingerprint density at radius 1 is 1.21 bits per heavy atom. The maximum absolute atomic E-state index is 12.1. The molecule has 0 unspecified atom stereocenters. The number of hydrogen-bond acceptors (Lipinski definition) is 2. The summed E-state index contributed by atoms with van der Waals surface area (Å²) < 4.78 is 5.21. The smallest absolute Gasteiger partial charge is 0.255 e. The fourth-order valence-electron chi connectivity index (χ4n) is 1.86. The second-order valence-corrected chi connectivity index (χ2v) is 4.30. The van der Waals surface area contributed by atoms with Crippen LogP contribution in [0.3, 0.4) is 0 Å².